The number of carboxylic acid groups (broad SMARTS) is 1. The average Bonchev–Trinajstić information content (AvgIpc) is 3.04. The van der Waals surface area contributed by atoms with Crippen LogP contribution in [-0.2, 0) is 6.42 Å². The summed E-state index contributed by atoms with van der Waals surface area (Å²) in [6, 6.07) is 14.5. The maximum atomic E-state index is 11.0. The number of hydrogen-bond donors (Lipinski definition) is 1. The molecule has 6 heteroatoms. The second-order valence-electron chi connectivity index (χ2n) is 5.62. The molecule has 3 aromatic rings. The summed E-state index contributed by atoms with van der Waals surface area (Å²) in [5, 5.41) is 17.1. The highest BCUT2D eigenvalue weighted by Crippen LogP contribution is 2.21. The van der Waals surface area contributed by atoms with Gasteiger partial charge in [0.2, 0.25) is 11.8 Å². The van der Waals surface area contributed by atoms with Gasteiger partial charge in [0.05, 0.1) is 12.0 Å². The zero-order valence-electron chi connectivity index (χ0n) is 13.4. The standard InChI is InChI=1S/C18H17N3O3/c1-21(2)15-8-6-12(7-9-15)10-16-19-20-17(24-16)13-4-3-5-14(11-13)18(22)23/h3-9,11H,10H2,1-2H3,(H,22,23). The van der Waals surface area contributed by atoms with Gasteiger partial charge >= 0.3 is 5.97 Å². The topological polar surface area (TPSA) is 79.5 Å². The number of benzene rings is 2. The van der Waals surface area contributed by atoms with E-state index in [4.69, 9.17) is 9.52 Å². The molecule has 0 saturated carbocycles. The smallest absolute Gasteiger partial charge is 0.335 e. The van der Waals surface area contributed by atoms with E-state index in [1.54, 1.807) is 12.1 Å². The Morgan fingerprint density at radius 1 is 1.12 bits per heavy atom. The molecule has 1 heterocycles. The summed E-state index contributed by atoms with van der Waals surface area (Å²) in [7, 11) is 3.98. The third-order valence-corrected chi connectivity index (χ3v) is 3.63. The van der Waals surface area contributed by atoms with Crippen LogP contribution in [-0.4, -0.2) is 35.4 Å². The number of carboxylic acids is 1. The van der Waals surface area contributed by atoms with Crippen molar-refractivity contribution in [2.45, 2.75) is 6.42 Å². The predicted octanol–water partition coefficient (Wildman–Crippen LogP) is 3.09. The number of anilines is 1. The summed E-state index contributed by atoms with van der Waals surface area (Å²) in [6.45, 7) is 0. The van der Waals surface area contributed by atoms with Crippen LogP contribution in [0.15, 0.2) is 52.9 Å². The maximum absolute atomic E-state index is 11.0. The molecule has 0 aliphatic heterocycles. The summed E-state index contributed by atoms with van der Waals surface area (Å²) < 4.78 is 5.66. The second kappa shape index (κ2) is 6.54. The summed E-state index contributed by atoms with van der Waals surface area (Å²) in [4.78, 5) is 13.1. The molecule has 3 rings (SSSR count). The molecule has 0 aliphatic rings. The van der Waals surface area contributed by atoms with Crippen LogP contribution in [0.2, 0.25) is 0 Å². The number of nitrogens with zero attached hydrogens (tertiary/aromatic N) is 3. The third-order valence-electron chi connectivity index (χ3n) is 3.63. The third kappa shape index (κ3) is 3.43. The Bertz CT molecular complexity index is 854. The molecule has 0 amide bonds. The molecule has 122 valence electrons. The SMILES string of the molecule is CN(C)c1ccc(Cc2nnc(-c3cccc(C(=O)O)c3)o2)cc1. The fraction of sp³-hybridized carbons (Fsp3) is 0.167. The number of aromatic nitrogens is 2. The van der Waals surface area contributed by atoms with Crippen LogP contribution in [0.5, 0.6) is 0 Å². The lowest BCUT2D eigenvalue weighted by Crippen LogP contribution is -2.08. The fourth-order valence-corrected chi connectivity index (χ4v) is 2.31. The molecule has 1 aromatic heterocycles. The minimum atomic E-state index is -0.988. The molecule has 1 N–H and O–H groups in total. The Morgan fingerprint density at radius 3 is 2.54 bits per heavy atom. The summed E-state index contributed by atoms with van der Waals surface area (Å²) >= 11 is 0. The van der Waals surface area contributed by atoms with Gasteiger partial charge in [0.25, 0.3) is 0 Å². The molecular weight excluding hydrogens is 306 g/mol. The number of aromatic carboxylic acids is 1. The van der Waals surface area contributed by atoms with Gasteiger partial charge in [-0.25, -0.2) is 4.79 Å². The molecular formula is C18H17N3O3. The van der Waals surface area contributed by atoms with E-state index in [1.165, 1.54) is 12.1 Å². The Morgan fingerprint density at radius 2 is 1.88 bits per heavy atom. The van der Waals surface area contributed by atoms with Crippen molar-refractivity contribution in [3.63, 3.8) is 0 Å². The molecule has 0 bridgehead atoms. The van der Waals surface area contributed by atoms with Gasteiger partial charge in [-0.2, -0.15) is 0 Å². The van der Waals surface area contributed by atoms with Gasteiger partial charge in [-0.05, 0) is 35.9 Å². The minimum Gasteiger partial charge on any atom is -0.478 e. The fourth-order valence-electron chi connectivity index (χ4n) is 2.31. The van der Waals surface area contributed by atoms with Gasteiger partial charge in [-0.15, -0.1) is 10.2 Å². The van der Waals surface area contributed by atoms with Crippen molar-refractivity contribution >= 4 is 11.7 Å². The number of hydrogen-bond acceptors (Lipinski definition) is 5. The van der Waals surface area contributed by atoms with Gasteiger partial charge in [0.15, 0.2) is 0 Å². The van der Waals surface area contributed by atoms with Crippen LogP contribution >= 0.6 is 0 Å². The first kappa shape index (κ1) is 15.7. The van der Waals surface area contributed by atoms with E-state index in [2.05, 4.69) is 10.2 Å². The Kier molecular flexibility index (Phi) is 4.29. The van der Waals surface area contributed by atoms with Gasteiger partial charge in [0, 0.05) is 25.3 Å². The van der Waals surface area contributed by atoms with E-state index in [0.717, 1.165) is 11.3 Å². The molecule has 0 radical (unpaired) electrons. The highest BCUT2D eigenvalue weighted by molar-refractivity contribution is 5.88. The molecule has 0 saturated heterocycles. The zero-order chi connectivity index (χ0) is 17.1. The molecule has 0 atom stereocenters. The zero-order valence-corrected chi connectivity index (χ0v) is 13.4. The lowest BCUT2D eigenvalue weighted by Gasteiger charge is -2.12. The normalized spacial score (nSPS) is 10.6. The molecule has 6 nitrogen and oxygen atoms in total. The van der Waals surface area contributed by atoms with E-state index in [9.17, 15) is 4.79 Å². The number of carbonyl (C=O) groups is 1. The lowest BCUT2D eigenvalue weighted by molar-refractivity contribution is 0.0697. The van der Waals surface area contributed by atoms with Crippen LogP contribution in [0.25, 0.3) is 11.5 Å². The van der Waals surface area contributed by atoms with Crippen LogP contribution in [0.4, 0.5) is 5.69 Å². The Labute approximate surface area is 139 Å². The summed E-state index contributed by atoms with van der Waals surface area (Å²) in [5.41, 5.74) is 2.97. The van der Waals surface area contributed by atoms with Crippen molar-refractivity contribution in [3.8, 4) is 11.5 Å². The van der Waals surface area contributed by atoms with Gasteiger partial charge in [-0.3, -0.25) is 0 Å². The largest absolute Gasteiger partial charge is 0.478 e. The molecule has 0 spiro atoms. The summed E-state index contributed by atoms with van der Waals surface area (Å²) in [5.74, 6) is -0.182. The lowest BCUT2D eigenvalue weighted by atomic mass is 10.1. The van der Waals surface area contributed by atoms with Crippen molar-refractivity contribution in [3.05, 3.63) is 65.5 Å². The Balaban J connectivity index is 1.78. The molecule has 0 unspecified atom stereocenters. The van der Waals surface area contributed by atoms with Gasteiger partial charge in [0.1, 0.15) is 0 Å². The van der Waals surface area contributed by atoms with Crippen LogP contribution in [0.3, 0.4) is 0 Å². The quantitative estimate of drug-likeness (QED) is 0.777. The van der Waals surface area contributed by atoms with E-state index < -0.39 is 5.97 Å². The molecule has 2 aromatic carbocycles. The van der Waals surface area contributed by atoms with Crippen molar-refractivity contribution < 1.29 is 14.3 Å². The summed E-state index contributed by atoms with van der Waals surface area (Å²) in [6.07, 6.45) is 0.527. The minimum absolute atomic E-state index is 0.187. The van der Waals surface area contributed by atoms with Crippen LogP contribution in [0.1, 0.15) is 21.8 Å². The van der Waals surface area contributed by atoms with E-state index >= 15 is 0 Å². The van der Waals surface area contributed by atoms with E-state index in [0.29, 0.717) is 23.8 Å². The average molecular weight is 323 g/mol. The van der Waals surface area contributed by atoms with Crippen molar-refractivity contribution in [2.75, 3.05) is 19.0 Å². The monoisotopic (exact) mass is 323 g/mol. The highest BCUT2D eigenvalue weighted by atomic mass is 16.4. The highest BCUT2D eigenvalue weighted by Gasteiger charge is 2.11. The number of rotatable bonds is 5. The first-order valence-electron chi connectivity index (χ1n) is 7.45. The first-order chi connectivity index (χ1) is 11.5. The Hall–Kier alpha value is -3.15. The molecule has 24 heavy (non-hydrogen) atoms. The molecule has 0 aliphatic carbocycles. The second-order valence-corrected chi connectivity index (χ2v) is 5.62. The van der Waals surface area contributed by atoms with Gasteiger partial charge < -0.3 is 14.4 Å². The van der Waals surface area contributed by atoms with Crippen molar-refractivity contribution in [1.82, 2.24) is 10.2 Å². The van der Waals surface area contributed by atoms with Crippen molar-refractivity contribution in [2.24, 2.45) is 0 Å². The predicted molar refractivity (Wildman–Crippen MR) is 90.3 cm³/mol. The first-order valence-corrected chi connectivity index (χ1v) is 7.45. The van der Waals surface area contributed by atoms with E-state index in [-0.39, 0.29) is 5.56 Å². The van der Waals surface area contributed by atoms with Crippen LogP contribution in [0, 0.1) is 0 Å². The maximum Gasteiger partial charge on any atom is 0.335 e. The van der Waals surface area contributed by atoms with Crippen molar-refractivity contribution in [1.29, 1.82) is 0 Å². The molecule has 0 fully saturated rings. The van der Waals surface area contributed by atoms with E-state index in [1.807, 2.05) is 43.3 Å². The van der Waals surface area contributed by atoms with Crippen LogP contribution < -0.4 is 4.90 Å². The van der Waals surface area contributed by atoms with Gasteiger partial charge in [-0.1, -0.05) is 18.2 Å².